The first-order chi connectivity index (χ1) is 13.2. The molecule has 0 saturated carbocycles. The monoisotopic (exact) mass is 381 g/mol. The highest BCUT2D eigenvalue weighted by Crippen LogP contribution is 2.35. The van der Waals surface area contributed by atoms with Crippen molar-refractivity contribution in [2.75, 3.05) is 32.6 Å². The number of amides is 1. The first-order valence-corrected chi connectivity index (χ1v) is 9.40. The van der Waals surface area contributed by atoms with Crippen molar-refractivity contribution in [3.63, 3.8) is 0 Å². The molecule has 0 aliphatic carbocycles. The van der Waals surface area contributed by atoms with Gasteiger partial charge >= 0.3 is 0 Å². The fraction of sp³-hybridized carbons (Fsp3) is 0.200. The van der Waals surface area contributed by atoms with Crippen molar-refractivity contribution in [2.45, 2.75) is 0 Å². The lowest BCUT2D eigenvalue weighted by molar-refractivity contribution is 0.102. The van der Waals surface area contributed by atoms with Gasteiger partial charge in [-0.15, -0.1) is 0 Å². The fourth-order valence-electron chi connectivity index (χ4n) is 3.05. The standard InChI is InChI=1S/C20H19N3O3S/c1-25-17-8-5-14(11-18(17)26-2)19(24)22-15-6-3-13(4-7-15)16-12-27-20-21-9-10-23(16)20/h3-8,11-12H,9-10H2,1-2H3,(H,22,24). The quantitative estimate of drug-likeness (QED) is 0.856. The average molecular weight is 381 g/mol. The Hall–Kier alpha value is -2.93. The highest BCUT2D eigenvalue weighted by molar-refractivity contribution is 8.16. The molecule has 0 spiro atoms. The Balaban J connectivity index is 1.47. The molecular weight excluding hydrogens is 362 g/mol. The van der Waals surface area contributed by atoms with Crippen LogP contribution in [0, 0.1) is 0 Å². The predicted molar refractivity (Wildman–Crippen MR) is 109 cm³/mol. The van der Waals surface area contributed by atoms with Crippen LogP contribution in [0.5, 0.6) is 11.5 Å². The van der Waals surface area contributed by atoms with E-state index in [-0.39, 0.29) is 5.91 Å². The lowest BCUT2D eigenvalue weighted by Crippen LogP contribution is -2.19. The SMILES string of the molecule is COc1ccc(C(=O)Nc2ccc(C3=CSC4=NCCN34)cc2)cc1OC. The number of anilines is 1. The molecule has 2 aromatic carbocycles. The lowest BCUT2D eigenvalue weighted by Gasteiger charge is -2.17. The van der Waals surface area contributed by atoms with Crippen molar-refractivity contribution in [3.05, 3.63) is 59.0 Å². The van der Waals surface area contributed by atoms with Crippen LogP contribution < -0.4 is 14.8 Å². The molecule has 1 amide bonds. The first kappa shape index (κ1) is 17.5. The van der Waals surface area contributed by atoms with Gasteiger partial charge in [0, 0.05) is 23.2 Å². The Morgan fingerprint density at radius 1 is 1.11 bits per heavy atom. The number of nitrogens with one attached hydrogen (secondary N) is 1. The molecule has 2 aliphatic heterocycles. The average Bonchev–Trinajstić information content (AvgIpc) is 3.32. The number of ether oxygens (including phenoxy) is 2. The number of nitrogens with zero attached hydrogens (tertiary/aromatic N) is 2. The number of hydrogen-bond donors (Lipinski definition) is 1. The van der Waals surface area contributed by atoms with Gasteiger partial charge in [0.15, 0.2) is 16.7 Å². The molecule has 2 aliphatic rings. The van der Waals surface area contributed by atoms with E-state index in [1.165, 1.54) is 0 Å². The normalized spacial score (nSPS) is 15.1. The minimum Gasteiger partial charge on any atom is -0.493 e. The van der Waals surface area contributed by atoms with Gasteiger partial charge in [-0.2, -0.15) is 0 Å². The minimum atomic E-state index is -0.201. The van der Waals surface area contributed by atoms with Crippen molar-refractivity contribution in [1.29, 1.82) is 0 Å². The molecule has 0 unspecified atom stereocenters. The van der Waals surface area contributed by atoms with E-state index in [4.69, 9.17) is 9.47 Å². The Morgan fingerprint density at radius 3 is 2.63 bits per heavy atom. The number of hydrogen-bond acceptors (Lipinski definition) is 6. The third-order valence-corrected chi connectivity index (χ3v) is 5.35. The van der Waals surface area contributed by atoms with Gasteiger partial charge in [-0.05, 0) is 35.9 Å². The molecular formula is C20H19N3O3S. The van der Waals surface area contributed by atoms with E-state index in [0.717, 1.165) is 35.2 Å². The number of rotatable bonds is 5. The summed E-state index contributed by atoms with van der Waals surface area (Å²) in [6, 6.07) is 12.9. The minimum absolute atomic E-state index is 0.201. The van der Waals surface area contributed by atoms with E-state index < -0.39 is 0 Å². The van der Waals surface area contributed by atoms with Crippen LogP contribution in [0.1, 0.15) is 15.9 Å². The number of thioether (sulfide) groups is 1. The van der Waals surface area contributed by atoms with Gasteiger partial charge < -0.3 is 19.7 Å². The maximum atomic E-state index is 12.5. The molecule has 138 valence electrons. The molecule has 4 rings (SSSR count). The molecule has 27 heavy (non-hydrogen) atoms. The van der Waals surface area contributed by atoms with Gasteiger partial charge in [0.1, 0.15) is 0 Å². The number of carbonyl (C=O) groups excluding carboxylic acids is 1. The summed E-state index contributed by atoms with van der Waals surface area (Å²) in [7, 11) is 3.11. The molecule has 7 heteroatoms. The van der Waals surface area contributed by atoms with Crippen LogP contribution in [0.25, 0.3) is 5.70 Å². The molecule has 6 nitrogen and oxygen atoms in total. The van der Waals surface area contributed by atoms with E-state index >= 15 is 0 Å². The first-order valence-electron chi connectivity index (χ1n) is 8.52. The lowest BCUT2D eigenvalue weighted by atomic mass is 10.1. The molecule has 0 atom stereocenters. The Kier molecular flexibility index (Phi) is 4.77. The Bertz CT molecular complexity index is 938. The number of amidine groups is 1. The zero-order valence-corrected chi connectivity index (χ0v) is 15.9. The van der Waals surface area contributed by atoms with Gasteiger partial charge in [0.25, 0.3) is 5.91 Å². The van der Waals surface area contributed by atoms with Crippen molar-refractivity contribution in [3.8, 4) is 11.5 Å². The third-order valence-electron chi connectivity index (χ3n) is 4.45. The summed E-state index contributed by atoms with van der Waals surface area (Å²) in [4.78, 5) is 19.2. The molecule has 0 saturated heterocycles. The van der Waals surface area contributed by atoms with E-state index in [1.807, 2.05) is 24.3 Å². The number of aliphatic imine (C=N–C) groups is 1. The number of carbonyl (C=O) groups is 1. The largest absolute Gasteiger partial charge is 0.493 e. The van der Waals surface area contributed by atoms with E-state index in [0.29, 0.717) is 17.1 Å². The second-order valence-corrected chi connectivity index (χ2v) is 6.87. The van der Waals surface area contributed by atoms with Gasteiger partial charge in [-0.3, -0.25) is 9.79 Å². The van der Waals surface area contributed by atoms with Crippen molar-refractivity contribution in [1.82, 2.24) is 4.90 Å². The van der Waals surface area contributed by atoms with Crippen molar-refractivity contribution < 1.29 is 14.3 Å². The summed E-state index contributed by atoms with van der Waals surface area (Å²) >= 11 is 1.66. The molecule has 0 radical (unpaired) electrons. The maximum Gasteiger partial charge on any atom is 0.255 e. The molecule has 2 aromatic rings. The molecule has 2 heterocycles. The summed E-state index contributed by atoms with van der Waals surface area (Å²) in [5.41, 5.74) is 3.51. The van der Waals surface area contributed by atoms with E-state index in [9.17, 15) is 4.79 Å². The highest BCUT2D eigenvalue weighted by atomic mass is 32.2. The molecule has 0 bridgehead atoms. The highest BCUT2D eigenvalue weighted by Gasteiger charge is 2.26. The van der Waals surface area contributed by atoms with Gasteiger partial charge in [0.2, 0.25) is 0 Å². The molecule has 0 fully saturated rings. The Labute approximate surface area is 161 Å². The summed E-state index contributed by atoms with van der Waals surface area (Å²) in [6.07, 6.45) is 0. The summed E-state index contributed by atoms with van der Waals surface area (Å²) in [6.45, 7) is 1.77. The van der Waals surface area contributed by atoms with Gasteiger partial charge in [-0.1, -0.05) is 23.9 Å². The summed E-state index contributed by atoms with van der Waals surface area (Å²) in [5.74, 6) is 0.911. The van der Waals surface area contributed by atoms with E-state index in [1.54, 1.807) is 44.2 Å². The maximum absolute atomic E-state index is 12.5. The van der Waals surface area contributed by atoms with Gasteiger partial charge in [0.05, 0.1) is 26.5 Å². The topological polar surface area (TPSA) is 63.2 Å². The third kappa shape index (κ3) is 3.38. The second kappa shape index (κ2) is 7.36. The van der Waals surface area contributed by atoms with Crippen LogP contribution in [0.3, 0.4) is 0 Å². The molecule has 0 aromatic heterocycles. The number of methoxy groups -OCH3 is 2. The number of benzene rings is 2. The van der Waals surface area contributed by atoms with Crippen molar-refractivity contribution >= 4 is 34.2 Å². The van der Waals surface area contributed by atoms with Crippen molar-refractivity contribution in [2.24, 2.45) is 4.99 Å². The van der Waals surface area contributed by atoms with E-state index in [2.05, 4.69) is 20.6 Å². The Morgan fingerprint density at radius 2 is 1.89 bits per heavy atom. The summed E-state index contributed by atoms with van der Waals surface area (Å²) in [5, 5.41) is 6.10. The molecule has 1 N–H and O–H groups in total. The number of fused-ring (bicyclic) bond motifs is 1. The van der Waals surface area contributed by atoms with Crippen LogP contribution in [-0.2, 0) is 0 Å². The zero-order valence-electron chi connectivity index (χ0n) is 15.1. The van der Waals surface area contributed by atoms with Crippen LogP contribution in [0.4, 0.5) is 5.69 Å². The fourth-order valence-corrected chi connectivity index (χ4v) is 4.02. The van der Waals surface area contributed by atoms with Crippen LogP contribution in [0.2, 0.25) is 0 Å². The predicted octanol–water partition coefficient (Wildman–Crippen LogP) is 3.67. The van der Waals surface area contributed by atoms with Gasteiger partial charge in [-0.25, -0.2) is 0 Å². The zero-order chi connectivity index (χ0) is 18.8. The van der Waals surface area contributed by atoms with Crippen LogP contribution in [0.15, 0.2) is 52.9 Å². The van der Waals surface area contributed by atoms with Crippen LogP contribution >= 0.6 is 11.8 Å². The summed E-state index contributed by atoms with van der Waals surface area (Å²) < 4.78 is 10.5. The smallest absolute Gasteiger partial charge is 0.255 e. The second-order valence-electron chi connectivity index (χ2n) is 6.04. The van der Waals surface area contributed by atoms with Crippen LogP contribution in [-0.4, -0.2) is 43.3 Å².